The van der Waals surface area contributed by atoms with Crippen molar-refractivity contribution in [2.75, 3.05) is 16.4 Å². The second-order valence-corrected chi connectivity index (χ2v) is 7.62. The Hall–Kier alpha value is -1.07. The maximum atomic E-state index is 12.3. The normalized spacial score (nSPS) is 11.8. The van der Waals surface area contributed by atoms with E-state index in [0.717, 1.165) is 0 Å². The van der Waals surface area contributed by atoms with Gasteiger partial charge in [0.2, 0.25) is 17.8 Å². The number of fused-ring (bicyclic) bond motifs is 1. The van der Waals surface area contributed by atoms with Crippen molar-refractivity contribution >= 4 is 92.1 Å². The summed E-state index contributed by atoms with van der Waals surface area (Å²) in [5.41, 5.74) is 5.10. The molecule has 0 aliphatic rings. The third kappa shape index (κ3) is 5.45. The SMILES string of the molecule is CC(C)(C)C(=O)Nc1nc(NC(=O)C(C)(C)C)c2[nH]c(N)nc2n1.[KH]. The number of H-pyrrole nitrogens is 1. The van der Waals surface area contributed by atoms with Crippen molar-refractivity contribution < 1.29 is 9.59 Å². The van der Waals surface area contributed by atoms with Crippen LogP contribution in [0.2, 0.25) is 0 Å². The van der Waals surface area contributed by atoms with Gasteiger partial charge in [0.05, 0.1) is 0 Å². The average molecular weight is 374 g/mol. The molecule has 0 fully saturated rings. The Balaban J connectivity index is 0.00000312. The number of aromatic nitrogens is 4. The molecular weight excluding hydrogens is 349 g/mol. The molecule has 0 saturated carbocycles. The van der Waals surface area contributed by atoms with Gasteiger partial charge in [0.15, 0.2) is 17.4 Å². The van der Waals surface area contributed by atoms with Gasteiger partial charge in [-0.15, -0.1) is 0 Å². The van der Waals surface area contributed by atoms with E-state index in [1.165, 1.54) is 0 Å². The number of hydrogen-bond acceptors (Lipinski definition) is 6. The van der Waals surface area contributed by atoms with E-state index in [-0.39, 0.29) is 86.6 Å². The first-order chi connectivity index (χ1) is 10.9. The zero-order chi connectivity index (χ0) is 18.3. The fraction of sp³-hybridized carbons (Fsp3) is 0.533. The fourth-order valence-corrected chi connectivity index (χ4v) is 1.65. The number of carbonyl (C=O) groups excluding carboxylic acids is 2. The fourth-order valence-electron chi connectivity index (χ4n) is 1.65. The summed E-state index contributed by atoms with van der Waals surface area (Å²) in [6.45, 7) is 10.7. The Morgan fingerprint density at radius 3 is 1.96 bits per heavy atom. The van der Waals surface area contributed by atoms with E-state index in [0.29, 0.717) is 5.52 Å². The van der Waals surface area contributed by atoms with Crippen LogP contribution in [0.15, 0.2) is 0 Å². The number of carbonyl (C=O) groups is 2. The summed E-state index contributed by atoms with van der Waals surface area (Å²) in [6.07, 6.45) is 0. The standard InChI is InChI=1S/C15H23N7O2.K.H/c1-14(2,3)10(23)18-8-7-9(19-12(16)17-7)21-13(20-8)22-11(24)15(4,5)6;;/h1-6H3,(H5,16,17,18,19,20,21,22,23,24);;. The molecule has 2 amide bonds. The molecule has 0 atom stereocenters. The molecule has 0 radical (unpaired) electrons. The molecule has 10 heteroatoms. The predicted molar refractivity (Wildman–Crippen MR) is 99.4 cm³/mol. The number of aromatic amines is 1. The Kier molecular flexibility index (Phi) is 6.73. The minimum atomic E-state index is -0.613. The van der Waals surface area contributed by atoms with E-state index in [2.05, 4.69) is 30.6 Å². The summed E-state index contributed by atoms with van der Waals surface area (Å²) < 4.78 is 0. The summed E-state index contributed by atoms with van der Waals surface area (Å²) in [5.74, 6) is -0.0708. The number of imidazole rings is 1. The molecule has 0 spiro atoms. The van der Waals surface area contributed by atoms with E-state index in [1.807, 2.05) is 0 Å². The van der Waals surface area contributed by atoms with Crippen molar-refractivity contribution in [3.63, 3.8) is 0 Å². The summed E-state index contributed by atoms with van der Waals surface area (Å²) >= 11 is 0. The molecule has 2 aromatic heterocycles. The molecule has 0 saturated heterocycles. The molecule has 132 valence electrons. The van der Waals surface area contributed by atoms with Gasteiger partial charge >= 0.3 is 51.4 Å². The Morgan fingerprint density at radius 1 is 0.920 bits per heavy atom. The van der Waals surface area contributed by atoms with Crippen LogP contribution in [0.3, 0.4) is 0 Å². The topological polar surface area (TPSA) is 139 Å². The number of nitrogens with one attached hydrogen (secondary N) is 3. The monoisotopic (exact) mass is 373 g/mol. The third-order valence-corrected chi connectivity index (χ3v) is 3.19. The van der Waals surface area contributed by atoms with Crippen molar-refractivity contribution in [3.8, 4) is 0 Å². The molecule has 0 aliphatic heterocycles. The van der Waals surface area contributed by atoms with Crippen LogP contribution in [0.25, 0.3) is 11.2 Å². The van der Waals surface area contributed by atoms with Crippen molar-refractivity contribution in [2.24, 2.45) is 10.8 Å². The number of anilines is 3. The Morgan fingerprint density at radius 2 is 1.44 bits per heavy atom. The first kappa shape index (κ1) is 22.0. The van der Waals surface area contributed by atoms with Gasteiger partial charge in [-0.1, -0.05) is 41.5 Å². The van der Waals surface area contributed by atoms with Gasteiger partial charge < -0.3 is 16.0 Å². The molecule has 0 aromatic carbocycles. The number of nitrogens with zero attached hydrogens (tertiary/aromatic N) is 3. The van der Waals surface area contributed by atoms with Gasteiger partial charge in [0.1, 0.15) is 5.52 Å². The van der Waals surface area contributed by atoms with Crippen molar-refractivity contribution in [1.29, 1.82) is 0 Å². The maximum absolute atomic E-state index is 12.3. The molecule has 2 aromatic rings. The van der Waals surface area contributed by atoms with Gasteiger partial charge in [0.25, 0.3) is 0 Å². The van der Waals surface area contributed by atoms with E-state index in [4.69, 9.17) is 5.73 Å². The molecule has 0 bridgehead atoms. The van der Waals surface area contributed by atoms with E-state index in [1.54, 1.807) is 41.5 Å². The molecule has 0 unspecified atom stereocenters. The third-order valence-electron chi connectivity index (χ3n) is 3.19. The van der Waals surface area contributed by atoms with Gasteiger partial charge in [0, 0.05) is 10.8 Å². The van der Waals surface area contributed by atoms with Crippen LogP contribution in [-0.4, -0.2) is 83.1 Å². The summed E-state index contributed by atoms with van der Waals surface area (Å²) in [5, 5.41) is 5.35. The van der Waals surface area contributed by atoms with E-state index < -0.39 is 10.8 Å². The minimum absolute atomic E-state index is 0. The zero-order valence-corrected chi connectivity index (χ0v) is 14.7. The summed E-state index contributed by atoms with van der Waals surface area (Å²) in [7, 11) is 0. The van der Waals surface area contributed by atoms with Crippen LogP contribution >= 0.6 is 0 Å². The number of nitrogen functional groups attached to an aromatic ring is 1. The van der Waals surface area contributed by atoms with Crippen LogP contribution < -0.4 is 16.4 Å². The first-order valence-electron chi connectivity index (χ1n) is 7.54. The summed E-state index contributed by atoms with van der Waals surface area (Å²) in [6, 6.07) is 0. The van der Waals surface area contributed by atoms with E-state index in [9.17, 15) is 9.59 Å². The second kappa shape index (κ2) is 7.66. The van der Waals surface area contributed by atoms with Gasteiger partial charge in [-0.05, 0) is 0 Å². The summed E-state index contributed by atoms with van der Waals surface area (Å²) in [4.78, 5) is 39.6. The first-order valence-corrected chi connectivity index (χ1v) is 7.54. The van der Waals surface area contributed by atoms with E-state index >= 15 is 0 Å². The van der Waals surface area contributed by atoms with Gasteiger partial charge in [-0.2, -0.15) is 15.0 Å². The molecule has 2 rings (SSSR count). The zero-order valence-electron chi connectivity index (χ0n) is 14.7. The van der Waals surface area contributed by atoms with Crippen molar-refractivity contribution in [1.82, 2.24) is 19.9 Å². The molecule has 0 aliphatic carbocycles. The van der Waals surface area contributed by atoms with Gasteiger partial charge in [-0.3, -0.25) is 14.9 Å². The van der Waals surface area contributed by atoms with Crippen LogP contribution in [0, 0.1) is 10.8 Å². The van der Waals surface area contributed by atoms with Crippen molar-refractivity contribution in [2.45, 2.75) is 41.5 Å². The number of amides is 2. The molecule has 2 heterocycles. The van der Waals surface area contributed by atoms with Crippen LogP contribution in [0.4, 0.5) is 17.7 Å². The Bertz CT molecular complexity index is 803. The van der Waals surface area contributed by atoms with Crippen molar-refractivity contribution in [3.05, 3.63) is 0 Å². The number of nitrogens with two attached hydrogens (primary N) is 1. The quantitative estimate of drug-likeness (QED) is 0.584. The van der Waals surface area contributed by atoms with Crippen LogP contribution in [0.5, 0.6) is 0 Å². The van der Waals surface area contributed by atoms with Gasteiger partial charge in [-0.25, -0.2) is 0 Å². The Labute approximate surface area is 188 Å². The molecule has 5 N–H and O–H groups in total. The molecule has 9 nitrogen and oxygen atoms in total. The average Bonchev–Trinajstić information content (AvgIpc) is 2.77. The second-order valence-electron chi connectivity index (χ2n) is 7.62. The van der Waals surface area contributed by atoms with Crippen LogP contribution in [0.1, 0.15) is 41.5 Å². The molecular formula is C15H24KN7O2. The predicted octanol–water partition coefficient (Wildman–Crippen LogP) is 1.26. The molecule has 25 heavy (non-hydrogen) atoms. The van der Waals surface area contributed by atoms with Crippen LogP contribution in [-0.2, 0) is 9.59 Å². The number of rotatable bonds is 2. The number of hydrogen-bond donors (Lipinski definition) is 4.